The minimum Gasteiger partial charge on any atom is -0.426 e. The molecular weight excluding hydrogens is 492 g/mol. The lowest BCUT2D eigenvalue weighted by atomic mass is 9.79. The van der Waals surface area contributed by atoms with Crippen LogP contribution in [0, 0.1) is 23.4 Å². The summed E-state index contributed by atoms with van der Waals surface area (Å²) in [7, 11) is 0. The van der Waals surface area contributed by atoms with Gasteiger partial charge in [0.25, 0.3) is 0 Å². The lowest BCUT2D eigenvalue weighted by Gasteiger charge is -2.27. The molecule has 3 aromatic rings. The van der Waals surface area contributed by atoms with Crippen LogP contribution in [0.5, 0.6) is 5.75 Å². The maximum absolute atomic E-state index is 14.7. The molecule has 1 nitrogen and oxygen atoms in total. The van der Waals surface area contributed by atoms with Gasteiger partial charge in [0.1, 0.15) is 11.6 Å². The van der Waals surface area contributed by atoms with E-state index in [1.54, 1.807) is 0 Å². The largest absolute Gasteiger partial charge is 0.426 e. The molecule has 1 fully saturated rings. The van der Waals surface area contributed by atoms with Gasteiger partial charge in [0.2, 0.25) is 0 Å². The van der Waals surface area contributed by atoms with E-state index in [0.29, 0.717) is 29.7 Å². The Morgan fingerprint density at radius 3 is 2.00 bits per heavy atom. The molecule has 9 heteroatoms. The van der Waals surface area contributed by atoms with Gasteiger partial charge in [-0.05, 0) is 72.2 Å². The van der Waals surface area contributed by atoms with E-state index in [1.807, 2.05) is 0 Å². The predicted molar refractivity (Wildman–Crippen MR) is 118 cm³/mol. The van der Waals surface area contributed by atoms with Crippen LogP contribution < -0.4 is 4.74 Å². The number of hydrogen-bond acceptors (Lipinski definition) is 1. The Morgan fingerprint density at radius 2 is 1.42 bits per heavy atom. The normalized spacial score (nSPS) is 18.8. The van der Waals surface area contributed by atoms with Gasteiger partial charge in [-0.3, -0.25) is 0 Å². The second-order valence-corrected chi connectivity index (χ2v) is 9.15. The molecule has 0 aromatic heterocycles. The molecule has 0 N–H and O–H groups in total. The zero-order valence-corrected chi connectivity index (χ0v) is 19.1. The summed E-state index contributed by atoms with van der Waals surface area (Å²) in [6, 6.07) is 7.65. The molecular formula is C27H22F8O. The van der Waals surface area contributed by atoms with Crippen molar-refractivity contribution in [2.45, 2.75) is 50.8 Å². The molecule has 1 aliphatic carbocycles. The molecule has 0 aliphatic heterocycles. The molecule has 0 spiro atoms. The van der Waals surface area contributed by atoms with E-state index in [2.05, 4.69) is 11.7 Å². The number of halogens is 8. The van der Waals surface area contributed by atoms with Gasteiger partial charge in [0.05, 0.1) is 11.1 Å². The smallest absolute Gasteiger partial charge is 0.426 e. The van der Waals surface area contributed by atoms with E-state index in [1.165, 1.54) is 12.1 Å². The Balaban J connectivity index is 1.53. The zero-order chi connectivity index (χ0) is 26.3. The van der Waals surface area contributed by atoms with E-state index in [0.717, 1.165) is 49.9 Å². The Labute approximate surface area is 202 Å². The summed E-state index contributed by atoms with van der Waals surface area (Å²) in [6.45, 7) is 2.15. The van der Waals surface area contributed by atoms with Gasteiger partial charge in [-0.25, -0.2) is 13.2 Å². The molecule has 0 saturated heterocycles. The number of ether oxygens (including phenoxy) is 1. The minimum absolute atomic E-state index is 0.141. The van der Waals surface area contributed by atoms with E-state index in [-0.39, 0.29) is 17.0 Å². The van der Waals surface area contributed by atoms with E-state index in [9.17, 15) is 35.1 Å². The fourth-order valence-corrected chi connectivity index (χ4v) is 4.49. The van der Waals surface area contributed by atoms with E-state index < -0.39 is 46.6 Å². The van der Waals surface area contributed by atoms with Gasteiger partial charge >= 0.3 is 12.3 Å². The number of hydrogen-bond donors (Lipinski definition) is 0. The summed E-state index contributed by atoms with van der Waals surface area (Å²) in [6.07, 6.45) is -5.29. The maximum Gasteiger partial charge on any atom is 0.426 e. The molecule has 0 bridgehead atoms. The fraction of sp³-hybridized carbons (Fsp3) is 0.333. The van der Waals surface area contributed by atoms with E-state index >= 15 is 0 Å². The zero-order valence-electron chi connectivity index (χ0n) is 19.1. The van der Waals surface area contributed by atoms with Gasteiger partial charge in [-0.1, -0.05) is 38.0 Å². The van der Waals surface area contributed by atoms with Crippen LogP contribution in [0.1, 0.15) is 55.2 Å². The van der Waals surface area contributed by atoms with Crippen molar-refractivity contribution < 1.29 is 39.9 Å². The molecule has 0 heterocycles. The van der Waals surface area contributed by atoms with Crippen molar-refractivity contribution in [1.82, 2.24) is 0 Å². The summed E-state index contributed by atoms with van der Waals surface area (Å²) in [4.78, 5) is 0. The van der Waals surface area contributed by atoms with Crippen molar-refractivity contribution in [2.75, 3.05) is 0 Å². The summed E-state index contributed by atoms with van der Waals surface area (Å²) in [5, 5.41) is 0. The molecule has 192 valence electrons. The van der Waals surface area contributed by atoms with Crippen molar-refractivity contribution >= 4 is 0 Å². The summed E-state index contributed by atoms with van der Waals surface area (Å²) < 4.78 is 115. The van der Waals surface area contributed by atoms with Crippen molar-refractivity contribution in [2.24, 2.45) is 5.92 Å². The average molecular weight is 514 g/mol. The molecule has 4 rings (SSSR count). The molecule has 0 amide bonds. The molecule has 0 unspecified atom stereocenters. The van der Waals surface area contributed by atoms with Gasteiger partial charge in [0.15, 0.2) is 11.6 Å². The Morgan fingerprint density at radius 1 is 0.722 bits per heavy atom. The average Bonchev–Trinajstić information content (AvgIpc) is 2.80. The first-order valence-electron chi connectivity index (χ1n) is 11.4. The first-order chi connectivity index (χ1) is 16.8. The van der Waals surface area contributed by atoms with Gasteiger partial charge < -0.3 is 4.74 Å². The van der Waals surface area contributed by atoms with Crippen molar-refractivity contribution in [3.8, 4) is 16.9 Å². The monoisotopic (exact) mass is 514 g/mol. The topological polar surface area (TPSA) is 9.23 Å². The lowest BCUT2D eigenvalue weighted by molar-refractivity contribution is -0.187. The van der Waals surface area contributed by atoms with Gasteiger partial charge in [-0.15, -0.1) is 0 Å². The first-order valence-corrected chi connectivity index (χ1v) is 11.4. The fourth-order valence-electron chi connectivity index (χ4n) is 4.49. The highest BCUT2D eigenvalue weighted by molar-refractivity contribution is 5.65. The van der Waals surface area contributed by atoms with Crippen LogP contribution in [0.25, 0.3) is 11.1 Å². The third kappa shape index (κ3) is 5.50. The van der Waals surface area contributed by atoms with Crippen molar-refractivity contribution in [1.29, 1.82) is 0 Å². The second kappa shape index (κ2) is 9.75. The highest BCUT2D eigenvalue weighted by atomic mass is 19.4. The Kier molecular flexibility index (Phi) is 7.03. The van der Waals surface area contributed by atoms with Crippen LogP contribution in [-0.4, -0.2) is 0 Å². The number of benzene rings is 3. The molecule has 0 atom stereocenters. The first kappa shape index (κ1) is 26.0. The SMILES string of the molecule is CC1CCC(c2ccc(OC(F)(F)c3ccc(-c4ccc(C(F)(F)F)c(F)c4)c(F)c3)c(F)c2)CC1. The van der Waals surface area contributed by atoms with Gasteiger partial charge in [-0.2, -0.15) is 22.0 Å². The number of alkyl halides is 5. The number of rotatable bonds is 5. The van der Waals surface area contributed by atoms with Gasteiger partial charge in [0, 0.05) is 5.56 Å². The molecule has 1 saturated carbocycles. The molecule has 1 aliphatic rings. The van der Waals surface area contributed by atoms with Crippen LogP contribution in [0.3, 0.4) is 0 Å². The van der Waals surface area contributed by atoms with Crippen molar-refractivity contribution in [3.63, 3.8) is 0 Å². The highest BCUT2D eigenvalue weighted by Gasteiger charge is 2.37. The molecule has 0 radical (unpaired) electrons. The Bertz CT molecular complexity index is 1240. The predicted octanol–water partition coefficient (Wildman–Crippen LogP) is 9.21. The summed E-state index contributed by atoms with van der Waals surface area (Å²) >= 11 is 0. The highest BCUT2D eigenvalue weighted by Crippen LogP contribution is 2.39. The Hall–Kier alpha value is -3.10. The molecule has 3 aromatic carbocycles. The lowest BCUT2D eigenvalue weighted by Crippen LogP contribution is -2.23. The third-order valence-electron chi connectivity index (χ3n) is 6.57. The maximum atomic E-state index is 14.7. The van der Waals surface area contributed by atoms with Crippen LogP contribution in [0.4, 0.5) is 35.1 Å². The minimum atomic E-state index is -4.94. The van der Waals surface area contributed by atoms with Crippen molar-refractivity contribution in [3.05, 3.63) is 88.7 Å². The van der Waals surface area contributed by atoms with Crippen LogP contribution in [0.15, 0.2) is 54.6 Å². The summed E-state index contributed by atoms with van der Waals surface area (Å²) in [5.74, 6) is -3.80. The summed E-state index contributed by atoms with van der Waals surface area (Å²) in [5.41, 5.74) is -2.43. The quantitative estimate of drug-likeness (QED) is 0.309. The van der Waals surface area contributed by atoms with Crippen LogP contribution in [0.2, 0.25) is 0 Å². The second-order valence-electron chi connectivity index (χ2n) is 9.15. The van der Waals surface area contributed by atoms with Crippen LogP contribution >= 0.6 is 0 Å². The standard InChI is InChI=1S/C27H22F8O/c1-15-2-4-16(5-3-15)17-7-11-25(24(30)12-17)36-27(34,35)19-8-9-20(22(28)14-19)18-6-10-21(23(29)13-18)26(31,32)33/h6-16H,2-5H2,1H3. The third-order valence-corrected chi connectivity index (χ3v) is 6.57. The molecule has 36 heavy (non-hydrogen) atoms. The van der Waals surface area contributed by atoms with E-state index in [4.69, 9.17) is 0 Å². The van der Waals surface area contributed by atoms with Crippen LogP contribution in [-0.2, 0) is 12.3 Å².